The Morgan fingerprint density at radius 3 is 2.19 bits per heavy atom. The standard InChI is InChI=1S/C27H42/c1-3-4-5-6-7-8-9-23-12-16-25(17-13-23)27-20-18-26(19-21-27)24-14-10-22(2)11-15-24/h14,18-23,25H,3-13,15-17H2,1-2H3. The highest BCUT2D eigenvalue weighted by atomic mass is 14.3. The van der Waals surface area contributed by atoms with Crippen molar-refractivity contribution < 1.29 is 0 Å². The van der Waals surface area contributed by atoms with Gasteiger partial charge in [0.25, 0.3) is 0 Å². The van der Waals surface area contributed by atoms with Gasteiger partial charge in [0, 0.05) is 0 Å². The quantitative estimate of drug-likeness (QED) is 0.383. The third-order valence-electron chi connectivity index (χ3n) is 7.24. The van der Waals surface area contributed by atoms with Crippen molar-refractivity contribution in [2.45, 2.75) is 110 Å². The van der Waals surface area contributed by atoms with Crippen LogP contribution in [-0.4, -0.2) is 0 Å². The Kier molecular flexibility index (Phi) is 8.49. The summed E-state index contributed by atoms with van der Waals surface area (Å²) in [6, 6.07) is 9.68. The molecule has 1 saturated carbocycles. The van der Waals surface area contributed by atoms with Crippen LogP contribution in [0.5, 0.6) is 0 Å². The lowest BCUT2D eigenvalue weighted by Gasteiger charge is -2.29. The molecule has 0 spiro atoms. The molecule has 0 nitrogen and oxygen atoms in total. The van der Waals surface area contributed by atoms with E-state index in [1.165, 1.54) is 95.5 Å². The smallest absolute Gasteiger partial charge is 0.0162 e. The summed E-state index contributed by atoms with van der Waals surface area (Å²) in [5, 5.41) is 0. The first-order valence-electron chi connectivity index (χ1n) is 12.1. The summed E-state index contributed by atoms with van der Waals surface area (Å²) in [7, 11) is 0. The number of benzene rings is 1. The second kappa shape index (κ2) is 11.1. The van der Waals surface area contributed by atoms with Gasteiger partial charge in [0.2, 0.25) is 0 Å². The molecule has 2 aliphatic carbocycles. The van der Waals surface area contributed by atoms with E-state index in [0.717, 1.165) is 17.8 Å². The summed E-state index contributed by atoms with van der Waals surface area (Å²) in [5.41, 5.74) is 4.66. The molecule has 1 aromatic rings. The minimum Gasteiger partial charge on any atom is -0.0805 e. The molecule has 27 heavy (non-hydrogen) atoms. The van der Waals surface area contributed by atoms with Crippen molar-refractivity contribution in [3.63, 3.8) is 0 Å². The maximum atomic E-state index is 2.48. The summed E-state index contributed by atoms with van der Waals surface area (Å²) < 4.78 is 0. The molecule has 1 fully saturated rings. The van der Waals surface area contributed by atoms with Gasteiger partial charge in [-0.25, -0.2) is 0 Å². The predicted molar refractivity (Wildman–Crippen MR) is 120 cm³/mol. The van der Waals surface area contributed by atoms with E-state index in [1.807, 2.05) is 0 Å². The van der Waals surface area contributed by atoms with Crippen LogP contribution in [0, 0.1) is 11.8 Å². The van der Waals surface area contributed by atoms with E-state index in [4.69, 9.17) is 0 Å². The molecule has 1 atom stereocenters. The molecule has 0 heterocycles. The number of hydrogen-bond acceptors (Lipinski definition) is 0. The molecule has 0 bridgehead atoms. The zero-order chi connectivity index (χ0) is 18.9. The maximum Gasteiger partial charge on any atom is -0.0162 e. The minimum atomic E-state index is 0.820. The lowest BCUT2D eigenvalue weighted by molar-refractivity contribution is 0.302. The molecular formula is C27H42. The van der Waals surface area contributed by atoms with Gasteiger partial charge in [-0.05, 0) is 79.4 Å². The summed E-state index contributed by atoms with van der Waals surface area (Å²) in [4.78, 5) is 0. The molecule has 0 heteroatoms. The van der Waals surface area contributed by atoms with Gasteiger partial charge in [-0.15, -0.1) is 0 Å². The number of hydrogen-bond donors (Lipinski definition) is 0. The van der Waals surface area contributed by atoms with Crippen LogP contribution in [0.2, 0.25) is 0 Å². The third kappa shape index (κ3) is 6.51. The van der Waals surface area contributed by atoms with Crippen molar-refractivity contribution in [1.82, 2.24) is 0 Å². The van der Waals surface area contributed by atoms with Crippen molar-refractivity contribution in [3.8, 4) is 0 Å². The van der Waals surface area contributed by atoms with Crippen molar-refractivity contribution in [3.05, 3.63) is 41.5 Å². The first-order valence-corrected chi connectivity index (χ1v) is 12.1. The van der Waals surface area contributed by atoms with E-state index in [1.54, 1.807) is 11.1 Å². The van der Waals surface area contributed by atoms with E-state index in [9.17, 15) is 0 Å². The Morgan fingerprint density at radius 2 is 1.52 bits per heavy atom. The zero-order valence-corrected chi connectivity index (χ0v) is 18.0. The van der Waals surface area contributed by atoms with Gasteiger partial charge < -0.3 is 0 Å². The van der Waals surface area contributed by atoms with Crippen LogP contribution in [0.15, 0.2) is 30.3 Å². The Bertz CT molecular complexity index is 556. The average Bonchev–Trinajstić information content (AvgIpc) is 2.72. The predicted octanol–water partition coefficient (Wildman–Crippen LogP) is 8.91. The average molecular weight is 367 g/mol. The fourth-order valence-electron chi connectivity index (χ4n) is 5.19. The van der Waals surface area contributed by atoms with Crippen LogP contribution in [0.25, 0.3) is 5.57 Å². The van der Waals surface area contributed by atoms with Crippen LogP contribution < -0.4 is 0 Å². The molecule has 0 aromatic heterocycles. The zero-order valence-electron chi connectivity index (χ0n) is 18.0. The van der Waals surface area contributed by atoms with Gasteiger partial charge >= 0.3 is 0 Å². The third-order valence-corrected chi connectivity index (χ3v) is 7.24. The van der Waals surface area contributed by atoms with Gasteiger partial charge in [-0.3, -0.25) is 0 Å². The molecule has 2 aliphatic rings. The van der Waals surface area contributed by atoms with Crippen LogP contribution in [0.3, 0.4) is 0 Å². The van der Waals surface area contributed by atoms with Crippen LogP contribution in [0.1, 0.15) is 121 Å². The SMILES string of the molecule is CCCCCCCCC1CCC(c2ccc(C3=CCC(C)CC3)cc2)CC1. The molecule has 1 aromatic carbocycles. The van der Waals surface area contributed by atoms with E-state index >= 15 is 0 Å². The fraction of sp³-hybridized carbons (Fsp3) is 0.704. The molecule has 1 unspecified atom stereocenters. The Morgan fingerprint density at radius 1 is 0.815 bits per heavy atom. The summed E-state index contributed by atoms with van der Waals surface area (Å²) >= 11 is 0. The maximum absolute atomic E-state index is 2.48. The van der Waals surface area contributed by atoms with E-state index in [0.29, 0.717) is 0 Å². The van der Waals surface area contributed by atoms with Crippen LogP contribution in [0.4, 0.5) is 0 Å². The van der Waals surface area contributed by atoms with E-state index < -0.39 is 0 Å². The molecule has 0 radical (unpaired) electrons. The van der Waals surface area contributed by atoms with Gasteiger partial charge in [0.05, 0.1) is 0 Å². The summed E-state index contributed by atoms with van der Waals surface area (Å²) in [5.74, 6) is 2.71. The number of rotatable bonds is 9. The van der Waals surface area contributed by atoms with E-state index in [2.05, 4.69) is 44.2 Å². The molecule has 0 N–H and O–H groups in total. The molecule has 150 valence electrons. The highest BCUT2D eigenvalue weighted by molar-refractivity contribution is 5.66. The Labute approximate surface area is 168 Å². The Balaban J connectivity index is 1.39. The molecule has 3 rings (SSSR count). The molecule has 0 aliphatic heterocycles. The van der Waals surface area contributed by atoms with E-state index in [-0.39, 0.29) is 0 Å². The first kappa shape index (κ1) is 20.7. The normalized spacial score (nSPS) is 26.0. The van der Waals surface area contributed by atoms with Gasteiger partial charge in [0.15, 0.2) is 0 Å². The second-order valence-electron chi connectivity index (χ2n) is 9.51. The lowest BCUT2D eigenvalue weighted by Crippen LogP contribution is -2.13. The number of unbranched alkanes of at least 4 members (excludes halogenated alkanes) is 5. The largest absolute Gasteiger partial charge is 0.0805 e. The molecule has 0 amide bonds. The highest BCUT2D eigenvalue weighted by Crippen LogP contribution is 2.38. The van der Waals surface area contributed by atoms with Gasteiger partial charge in [0.1, 0.15) is 0 Å². The van der Waals surface area contributed by atoms with Crippen molar-refractivity contribution in [1.29, 1.82) is 0 Å². The fourth-order valence-corrected chi connectivity index (χ4v) is 5.19. The van der Waals surface area contributed by atoms with Crippen molar-refractivity contribution >= 4 is 5.57 Å². The van der Waals surface area contributed by atoms with Gasteiger partial charge in [-0.2, -0.15) is 0 Å². The topological polar surface area (TPSA) is 0 Å². The Hall–Kier alpha value is -1.04. The van der Waals surface area contributed by atoms with Crippen LogP contribution in [-0.2, 0) is 0 Å². The highest BCUT2D eigenvalue weighted by Gasteiger charge is 2.22. The van der Waals surface area contributed by atoms with Gasteiger partial charge in [-0.1, -0.05) is 89.1 Å². The number of allylic oxidation sites excluding steroid dienone is 2. The second-order valence-corrected chi connectivity index (χ2v) is 9.51. The molecule has 0 saturated heterocycles. The van der Waals surface area contributed by atoms with Crippen molar-refractivity contribution in [2.24, 2.45) is 11.8 Å². The van der Waals surface area contributed by atoms with Crippen LogP contribution >= 0.6 is 0 Å². The molecular weight excluding hydrogens is 324 g/mol. The van der Waals surface area contributed by atoms with Crippen molar-refractivity contribution in [2.75, 3.05) is 0 Å². The summed E-state index contributed by atoms with van der Waals surface area (Å²) in [6.45, 7) is 4.68. The minimum absolute atomic E-state index is 0.820. The monoisotopic (exact) mass is 366 g/mol. The lowest BCUT2D eigenvalue weighted by atomic mass is 9.76. The summed E-state index contributed by atoms with van der Waals surface area (Å²) in [6.07, 6.45) is 22.3. The first-order chi connectivity index (χ1) is 13.3.